The van der Waals surface area contributed by atoms with Crippen LogP contribution in [0.25, 0.3) is 127 Å². The molecule has 0 unspecified atom stereocenters. The molecule has 0 aliphatic rings. The first-order valence-electron chi connectivity index (χ1n) is 20.9. The number of aromatic nitrogens is 4. The van der Waals surface area contributed by atoms with Gasteiger partial charge in [0.2, 0.25) is 0 Å². The zero-order valence-corrected chi connectivity index (χ0v) is 33.3. The fourth-order valence-corrected chi connectivity index (χ4v) is 9.58. The molecule has 0 bridgehead atoms. The molecule has 0 spiro atoms. The highest BCUT2D eigenvalue weighted by molar-refractivity contribution is 6.18. The van der Waals surface area contributed by atoms with Crippen LogP contribution < -0.4 is 0 Å². The van der Waals surface area contributed by atoms with Crippen LogP contribution in [-0.4, -0.2) is 19.5 Å². The van der Waals surface area contributed by atoms with E-state index in [9.17, 15) is 0 Å². The molecule has 0 aliphatic heterocycles. The predicted molar refractivity (Wildman–Crippen MR) is 256 cm³/mol. The second-order valence-corrected chi connectivity index (χ2v) is 15.9. The molecule has 0 amide bonds. The smallest absolute Gasteiger partial charge is 0.166 e. The van der Waals surface area contributed by atoms with Gasteiger partial charge < -0.3 is 8.98 Å². The van der Waals surface area contributed by atoms with Gasteiger partial charge in [0.05, 0.1) is 22.3 Å². The summed E-state index contributed by atoms with van der Waals surface area (Å²) >= 11 is 0. The fraction of sp³-hybridized carbons (Fsp3) is 0. The molecule has 0 radical (unpaired) electrons. The average molecular weight is 791 g/mol. The van der Waals surface area contributed by atoms with Crippen molar-refractivity contribution in [1.29, 1.82) is 0 Å². The van der Waals surface area contributed by atoms with Crippen LogP contribution in [0.4, 0.5) is 0 Å². The Morgan fingerprint density at radius 1 is 0.339 bits per heavy atom. The summed E-state index contributed by atoms with van der Waals surface area (Å²) in [7, 11) is 0. The molecule has 3 aromatic heterocycles. The number of benzene rings is 10. The zero-order chi connectivity index (χ0) is 40.7. The highest BCUT2D eigenvalue weighted by atomic mass is 16.3. The highest BCUT2D eigenvalue weighted by Gasteiger charge is 2.25. The molecule has 13 aromatic rings. The van der Waals surface area contributed by atoms with Gasteiger partial charge in [0.1, 0.15) is 11.2 Å². The Hall–Kier alpha value is -8.41. The SMILES string of the molecule is c1ccc(-c2cccc(-c3nc(-c4cc5ccccc5c5ccccc45)nc(-c4c(-n5c6ccccc6c6cc7ccccc7cc65)ccc5oc6ccccc6c45)n3)c2)cc1. The van der Waals surface area contributed by atoms with Gasteiger partial charge in [-0.3, -0.25) is 0 Å². The molecular formula is C57H34N4O. The molecule has 5 nitrogen and oxygen atoms in total. The second-order valence-electron chi connectivity index (χ2n) is 15.9. The Morgan fingerprint density at radius 2 is 0.968 bits per heavy atom. The number of hydrogen-bond acceptors (Lipinski definition) is 4. The van der Waals surface area contributed by atoms with Gasteiger partial charge in [0.15, 0.2) is 17.5 Å². The Balaban J connectivity index is 1.18. The van der Waals surface area contributed by atoms with E-state index in [0.29, 0.717) is 17.5 Å². The molecule has 0 atom stereocenters. The number of hydrogen-bond donors (Lipinski definition) is 0. The summed E-state index contributed by atoms with van der Waals surface area (Å²) in [6, 6.07) is 72.7. The molecule has 0 saturated heterocycles. The van der Waals surface area contributed by atoms with E-state index in [4.69, 9.17) is 19.4 Å². The first-order chi connectivity index (χ1) is 30.7. The Morgan fingerprint density at radius 3 is 1.82 bits per heavy atom. The zero-order valence-electron chi connectivity index (χ0n) is 33.3. The van der Waals surface area contributed by atoms with Crippen LogP contribution >= 0.6 is 0 Å². The van der Waals surface area contributed by atoms with Crippen LogP contribution in [0.1, 0.15) is 0 Å². The predicted octanol–water partition coefficient (Wildman–Crippen LogP) is 15.0. The van der Waals surface area contributed by atoms with Crippen molar-refractivity contribution in [2.24, 2.45) is 0 Å². The van der Waals surface area contributed by atoms with E-state index in [1.807, 2.05) is 18.2 Å². The van der Waals surface area contributed by atoms with Gasteiger partial charge in [-0.2, -0.15) is 0 Å². The number of nitrogens with zero attached hydrogens (tertiary/aromatic N) is 4. The third kappa shape index (κ3) is 5.32. The van der Waals surface area contributed by atoms with E-state index in [2.05, 4.69) is 193 Å². The van der Waals surface area contributed by atoms with Crippen LogP contribution in [-0.2, 0) is 0 Å². The maximum Gasteiger partial charge on any atom is 0.166 e. The van der Waals surface area contributed by atoms with Crippen molar-refractivity contribution in [2.45, 2.75) is 0 Å². The van der Waals surface area contributed by atoms with E-state index in [0.717, 1.165) is 82.6 Å². The molecule has 0 saturated carbocycles. The van der Waals surface area contributed by atoms with Gasteiger partial charge >= 0.3 is 0 Å². The molecule has 0 fully saturated rings. The highest BCUT2D eigenvalue weighted by Crippen LogP contribution is 2.44. The Kier molecular flexibility index (Phi) is 7.54. The standard InChI is InChI=1S/C57H34N4O/c1-2-15-35(16-3-1)36-20-14-21-40(31-36)55-58-56(47-33-39-19-6-7-22-41(39)42-23-8-9-24-43(42)47)60-57(59-55)54-49(29-30-52-53(54)45-26-11-13-28-51(45)62-52)61-48-27-12-10-25-44(48)46-32-37-17-4-5-18-38(37)34-50(46)61/h1-34H. The first-order valence-corrected chi connectivity index (χ1v) is 20.9. The minimum absolute atomic E-state index is 0.561. The van der Waals surface area contributed by atoms with Crippen LogP contribution in [0, 0.1) is 0 Å². The van der Waals surface area contributed by atoms with Gasteiger partial charge in [0.25, 0.3) is 0 Å². The van der Waals surface area contributed by atoms with Gasteiger partial charge in [-0.1, -0.05) is 158 Å². The largest absolute Gasteiger partial charge is 0.456 e. The topological polar surface area (TPSA) is 56.7 Å². The molecule has 0 N–H and O–H groups in total. The number of furan rings is 1. The van der Waals surface area contributed by atoms with Crippen molar-refractivity contribution in [3.63, 3.8) is 0 Å². The van der Waals surface area contributed by atoms with E-state index >= 15 is 0 Å². The summed E-state index contributed by atoms with van der Waals surface area (Å²) in [4.78, 5) is 16.5. The summed E-state index contributed by atoms with van der Waals surface area (Å²) in [5, 5.41) is 11.2. The van der Waals surface area contributed by atoms with Crippen LogP contribution in [0.15, 0.2) is 211 Å². The lowest BCUT2D eigenvalue weighted by Crippen LogP contribution is -2.04. The maximum absolute atomic E-state index is 6.64. The lowest BCUT2D eigenvalue weighted by Gasteiger charge is -2.17. The van der Waals surface area contributed by atoms with Crippen LogP contribution in [0.2, 0.25) is 0 Å². The third-order valence-corrected chi connectivity index (χ3v) is 12.4. The Bertz CT molecular complexity index is 3940. The van der Waals surface area contributed by atoms with Gasteiger partial charge in [0, 0.05) is 32.7 Å². The lowest BCUT2D eigenvalue weighted by molar-refractivity contribution is 0.669. The molecule has 13 rings (SSSR count). The summed E-state index contributed by atoms with van der Waals surface area (Å²) < 4.78 is 9.03. The first kappa shape index (κ1) is 34.5. The number of fused-ring (bicyclic) bond motifs is 10. The van der Waals surface area contributed by atoms with Crippen molar-refractivity contribution in [1.82, 2.24) is 19.5 Å². The van der Waals surface area contributed by atoms with E-state index < -0.39 is 0 Å². The summed E-state index contributed by atoms with van der Waals surface area (Å²) in [6.45, 7) is 0. The van der Waals surface area contributed by atoms with Crippen LogP contribution in [0.5, 0.6) is 0 Å². The summed E-state index contributed by atoms with van der Waals surface area (Å²) in [6.07, 6.45) is 0. The van der Waals surface area contributed by atoms with E-state index in [-0.39, 0.29) is 0 Å². The third-order valence-electron chi connectivity index (χ3n) is 12.4. The molecular weight excluding hydrogens is 757 g/mol. The van der Waals surface area contributed by atoms with Gasteiger partial charge in [-0.15, -0.1) is 0 Å². The van der Waals surface area contributed by atoms with Crippen molar-refractivity contribution in [3.8, 4) is 51.0 Å². The van der Waals surface area contributed by atoms with Crippen molar-refractivity contribution >= 4 is 76.1 Å². The quantitative estimate of drug-likeness (QED) is 0.163. The van der Waals surface area contributed by atoms with Crippen molar-refractivity contribution < 1.29 is 4.42 Å². The van der Waals surface area contributed by atoms with Gasteiger partial charge in [-0.25, -0.2) is 15.0 Å². The maximum atomic E-state index is 6.64. The summed E-state index contributed by atoms with van der Waals surface area (Å²) in [5.74, 6) is 1.75. The number of para-hydroxylation sites is 2. The minimum Gasteiger partial charge on any atom is -0.456 e. The normalized spacial score (nSPS) is 11.9. The van der Waals surface area contributed by atoms with Crippen molar-refractivity contribution in [3.05, 3.63) is 206 Å². The van der Waals surface area contributed by atoms with Gasteiger partial charge in [-0.05, 0) is 92.0 Å². The molecule has 288 valence electrons. The molecule has 62 heavy (non-hydrogen) atoms. The fourth-order valence-electron chi connectivity index (χ4n) is 9.58. The van der Waals surface area contributed by atoms with E-state index in [1.54, 1.807) is 0 Å². The lowest BCUT2D eigenvalue weighted by atomic mass is 9.96. The Labute approximate surface area is 355 Å². The summed E-state index contributed by atoms with van der Waals surface area (Å²) in [5.41, 5.74) is 9.65. The van der Waals surface area contributed by atoms with Crippen LogP contribution in [0.3, 0.4) is 0 Å². The number of rotatable bonds is 5. The molecule has 10 aromatic carbocycles. The van der Waals surface area contributed by atoms with Crippen molar-refractivity contribution in [2.75, 3.05) is 0 Å². The monoisotopic (exact) mass is 790 g/mol. The molecule has 0 aliphatic carbocycles. The van der Waals surface area contributed by atoms with E-state index in [1.165, 1.54) is 26.9 Å². The molecule has 5 heteroatoms. The minimum atomic E-state index is 0.561. The molecule has 3 heterocycles. The second kappa shape index (κ2) is 13.6. The average Bonchev–Trinajstić information content (AvgIpc) is 3.88.